The summed E-state index contributed by atoms with van der Waals surface area (Å²) in [6, 6.07) is 0. The van der Waals surface area contributed by atoms with E-state index in [1.165, 1.54) is 19.3 Å². The summed E-state index contributed by atoms with van der Waals surface area (Å²) in [4.78, 5) is 0. The molecule has 11 heavy (non-hydrogen) atoms. The summed E-state index contributed by atoms with van der Waals surface area (Å²) in [6.07, 6.45) is 5.94. The van der Waals surface area contributed by atoms with Gasteiger partial charge in [0.2, 0.25) is 0 Å². The predicted octanol–water partition coefficient (Wildman–Crippen LogP) is 3.47. The number of hydrogen-bond donors (Lipinski definition) is 0. The summed E-state index contributed by atoms with van der Waals surface area (Å²) in [5.41, 5.74) is 0.815. The molecule has 3 unspecified atom stereocenters. The first-order chi connectivity index (χ1) is 5.23. The normalized spacial score (nSPS) is 45.5. The number of hydrogen-bond acceptors (Lipinski definition) is 0. The van der Waals surface area contributed by atoms with Gasteiger partial charge < -0.3 is 0 Å². The Morgan fingerprint density at radius 1 is 1.27 bits per heavy atom. The molecule has 2 saturated carbocycles. The highest BCUT2D eigenvalue weighted by Gasteiger charge is 2.59. The van der Waals surface area contributed by atoms with E-state index in [4.69, 9.17) is 0 Å². The zero-order valence-corrected chi connectivity index (χ0v) is 8.06. The molecule has 0 amide bonds. The molecule has 0 heterocycles. The zero-order valence-electron chi connectivity index (χ0n) is 8.06. The molecular weight excluding hydrogens is 132 g/mol. The van der Waals surface area contributed by atoms with Crippen LogP contribution in [0.25, 0.3) is 0 Å². The Morgan fingerprint density at radius 2 is 1.82 bits per heavy atom. The molecular formula is C11H20. The van der Waals surface area contributed by atoms with Gasteiger partial charge in [0.25, 0.3) is 0 Å². The van der Waals surface area contributed by atoms with Crippen molar-refractivity contribution in [3.8, 4) is 0 Å². The van der Waals surface area contributed by atoms with Crippen LogP contribution in [0.15, 0.2) is 0 Å². The second-order valence-corrected chi connectivity index (χ2v) is 4.76. The van der Waals surface area contributed by atoms with Crippen LogP contribution in [-0.4, -0.2) is 0 Å². The zero-order chi connectivity index (χ0) is 8.06. The van der Waals surface area contributed by atoms with E-state index in [0.717, 1.165) is 23.2 Å². The van der Waals surface area contributed by atoms with E-state index in [1.807, 2.05) is 0 Å². The van der Waals surface area contributed by atoms with E-state index in [9.17, 15) is 0 Å². The lowest BCUT2D eigenvalue weighted by Gasteiger charge is -2.10. The van der Waals surface area contributed by atoms with Crippen molar-refractivity contribution in [2.45, 2.75) is 46.5 Å². The van der Waals surface area contributed by atoms with Gasteiger partial charge in [-0.1, -0.05) is 33.6 Å². The molecule has 0 nitrogen and oxygen atoms in total. The summed E-state index contributed by atoms with van der Waals surface area (Å²) in [7, 11) is 0. The molecule has 0 aliphatic heterocycles. The molecule has 3 atom stereocenters. The van der Waals surface area contributed by atoms with Crippen LogP contribution in [0.4, 0.5) is 0 Å². The quantitative estimate of drug-likeness (QED) is 0.581. The fraction of sp³-hybridized carbons (Fsp3) is 1.00. The van der Waals surface area contributed by atoms with Gasteiger partial charge in [-0.05, 0) is 36.0 Å². The molecule has 0 radical (unpaired) electrons. The van der Waals surface area contributed by atoms with Gasteiger partial charge in [-0.3, -0.25) is 0 Å². The van der Waals surface area contributed by atoms with Gasteiger partial charge in [0.15, 0.2) is 0 Å². The maximum atomic E-state index is 2.42. The van der Waals surface area contributed by atoms with Crippen LogP contribution in [-0.2, 0) is 0 Å². The second kappa shape index (κ2) is 2.24. The lowest BCUT2D eigenvalue weighted by molar-refractivity contribution is 0.394. The van der Waals surface area contributed by atoms with Gasteiger partial charge in [-0.25, -0.2) is 0 Å². The standard InChI is InChI=1S/C11H20/c1-4-11(5-2)7-10(11)9-6-8(9)3/h8-10H,4-7H2,1-3H3. The molecule has 2 fully saturated rings. The average molecular weight is 152 g/mol. The molecule has 2 rings (SSSR count). The van der Waals surface area contributed by atoms with E-state index in [0.29, 0.717) is 0 Å². The monoisotopic (exact) mass is 152 g/mol. The third-order valence-electron chi connectivity index (χ3n) is 4.35. The van der Waals surface area contributed by atoms with Crippen LogP contribution in [0.1, 0.15) is 46.5 Å². The lowest BCUT2D eigenvalue weighted by atomic mass is 9.95. The summed E-state index contributed by atoms with van der Waals surface area (Å²) in [6.45, 7) is 7.16. The maximum absolute atomic E-state index is 2.42. The fourth-order valence-electron chi connectivity index (χ4n) is 2.96. The van der Waals surface area contributed by atoms with E-state index < -0.39 is 0 Å². The number of rotatable bonds is 3. The van der Waals surface area contributed by atoms with Gasteiger partial charge in [0, 0.05) is 0 Å². The molecule has 0 bridgehead atoms. The average Bonchev–Trinajstić information content (AvgIpc) is 2.85. The third-order valence-corrected chi connectivity index (χ3v) is 4.35. The minimum absolute atomic E-state index is 0.815. The van der Waals surface area contributed by atoms with Crippen molar-refractivity contribution in [3.05, 3.63) is 0 Å². The van der Waals surface area contributed by atoms with Gasteiger partial charge >= 0.3 is 0 Å². The van der Waals surface area contributed by atoms with E-state index in [1.54, 1.807) is 6.42 Å². The fourth-order valence-corrected chi connectivity index (χ4v) is 2.96. The third kappa shape index (κ3) is 1.02. The van der Waals surface area contributed by atoms with Crippen LogP contribution in [0, 0.1) is 23.2 Å². The van der Waals surface area contributed by atoms with Crippen LogP contribution >= 0.6 is 0 Å². The molecule has 0 spiro atoms. The smallest absolute Gasteiger partial charge is 0.0269 e. The van der Waals surface area contributed by atoms with Crippen molar-refractivity contribution in [1.29, 1.82) is 0 Å². The first kappa shape index (κ1) is 7.64. The van der Waals surface area contributed by atoms with Crippen molar-refractivity contribution >= 4 is 0 Å². The first-order valence-corrected chi connectivity index (χ1v) is 5.23. The minimum Gasteiger partial charge on any atom is -0.0648 e. The molecule has 0 saturated heterocycles. The van der Waals surface area contributed by atoms with Crippen molar-refractivity contribution < 1.29 is 0 Å². The largest absolute Gasteiger partial charge is 0.0648 e. The molecule has 64 valence electrons. The second-order valence-electron chi connectivity index (χ2n) is 4.76. The minimum atomic E-state index is 0.815. The molecule has 0 aromatic carbocycles. The Bertz CT molecular complexity index is 155. The molecule has 0 N–H and O–H groups in total. The van der Waals surface area contributed by atoms with Crippen molar-refractivity contribution in [2.75, 3.05) is 0 Å². The van der Waals surface area contributed by atoms with Gasteiger partial charge in [-0.15, -0.1) is 0 Å². The Hall–Kier alpha value is 0. The summed E-state index contributed by atoms with van der Waals surface area (Å²) < 4.78 is 0. The maximum Gasteiger partial charge on any atom is -0.0269 e. The highest BCUT2D eigenvalue weighted by Crippen LogP contribution is 2.67. The predicted molar refractivity (Wildman–Crippen MR) is 48.4 cm³/mol. The highest BCUT2D eigenvalue weighted by atomic mass is 14.6. The lowest BCUT2D eigenvalue weighted by Crippen LogP contribution is -2.01. The van der Waals surface area contributed by atoms with Crippen LogP contribution < -0.4 is 0 Å². The van der Waals surface area contributed by atoms with Crippen molar-refractivity contribution in [2.24, 2.45) is 23.2 Å². The van der Waals surface area contributed by atoms with Gasteiger partial charge in [-0.2, -0.15) is 0 Å². The molecule has 2 aliphatic rings. The van der Waals surface area contributed by atoms with E-state index in [-0.39, 0.29) is 0 Å². The molecule has 0 aromatic rings. The van der Waals surface area contributed by atoms with Crippen LogP contribution in [0.5, 0.6) is 0 Å². The van der Waals surface area contributed by atoms with Gasteiger partial charge in [0.05, 0.1) is 0 Å². The Labute approximate surface area is 70.4 Å². The Balaban J connectivity index is 1.92. The van der Waals surface area contributed by atoms with Crippen LogP contribution in [0.2, 0.25) is 0 Å². The topological polar surface area (TPSA) is 0 Å². The van der Waals surface area contributed by atoms with E-state index >= 15 is 0 Å². The van der Waals surface area contributed by atoms with Crippen LogP contribution in [0.3, 0.4) is 0 Å². The molecule has 2 aliphatic carbocycles. The summed E-state index contributed by atoms with van der Waals surface area (Å²) in [5.74, 6) is 3.34. The summed E-state index contributed by atoms with van der Waals surface area (Å²) in [5, 5.41) is 0. The Kier molecular flexibility index (Phi) is 1.56. The van der Waals surface area contributed by atoms with Gasteiger partial charge in [0.1, 0.15) is 0 Å². The first-order valence-electron chi connectivity index (χ1n) is 5.23. The SMILES string of the molecule is CCC1(CC)CC1C1CC1C. The van der Waals surface area contributed by atoms with Crippen molar-refractivity contribution in [1.82, 2.24) is 0 Å². The highest BCUT2D eigenvalue weighted by molar-refractivity contribution is 5.08. The molecule has 0 heteroatoms. The summed E-state index contributed by atoms with van der Waals surface area (Å²) >= 11 is 0. The molecule has 0 aromatic heterocycles. The van der Waals surface area contributed by atoms with Crippen molar-refractivity contribution in [3.63, 3.8) is 0 Å². The Morgan fingerprint density at radius 3 is 2.09 bits per heavy atom. The van der Waals surface area contributed by atoms with E-state index in [2.05, 4.69) is 20.8 Å².